The van der Waals surface area contributed by atoms with Crippen LogP contribution in [0.15, 0.2) is 16.6 Å². The maximum atomic E-state index is 11.7. The molecule has 0 heterocycles. The van der Waals surface area contributed by atoms with E-state index in [1.165, 1.54) is 0 Å². The number of carboxylic acid groups (broad SMARTS) is 1. The van der Waals surface area contributed by atoms with Crippen LogP contribution in [0, 0.1) is 13.8 Å². The Kier molecular flexibility index (Phi) is 7.22. The number of carbonyl (C=O) groups excluding carboxylic acids is 1. The van der Waals surface area contributed by atoms with Gasteiger partial charge in [-0.15, -0.1) is 0 Å². The molecular formula is C15H21BrN2O3. The van der Waals surface area contributed by atoms with Crippen LogP contribution in [0.3, 0.4) is 0 Å². The Bertz CT molecular complexity index is 495. The fourth-order valence-corrected chi connectivity index (χ4v) is 2.20. The van der Waals surface area contributed by atoms with Crippen LogP contribution in [0.2, 0.25) is 0 Å². The number of aliphatic carboxylic acids is 1. The fourth-order valence-electron chi connectivity index (χ4n) is 1.97. The zero-order valence-corrected chi connectivity index (χ0v) is 13.9. The smallest absolute Gasteiger partial charge is 0.319 e. The first kappa shape index (κ1) is 17.5. The molecule has 0 atom stereocenters. The second-order valence-electron chi connectivity index (χ2n) is 5.01. The normalized spacial score (nSPS) is 10.2. The first-order valence-corrected chi connectivity index (χ1v) is 7.73. The predicted molar refractivity (Wildman–Crippen MR) is 86.7 cm³/mol. The van der Waals surface area contributed by atoms with Crippen molar-refractivity contribution in [3.8, 4) is 0 Å². The fraction of sp³-hybridized carbons (Fsp3) is 0.467. The Morgan fingerprint density at radius 3 is 2.33 bits per heavy atom. The number of hydrogen-bond donors (Lipinski definition) is 3. The van der Waals surface area contributed by atoms with Gasteiger partial charge in [0.15, 0.2) is 0 Å². The molecule has 0 radical (unpaired) electrons. The third-order valence-electron chi connectivity index (χ3n) is 3.05. The first-order chi connectivity index (χ1) is 9.90. The van der Waals surface area contributed by atoms with E-state index in [0.29, 0.717) is 13.0 Å². The lowest BCUT2D eigenvalue weighted by atomic mass is 10.1. The zero-order valence-electron chi connectivity index (χ0n) is 12.3. The van der Waals surface area contributed by atoms with Gasteiger partial charge in [-0.3, -0.25) is 4.79 Å². The summed E-state index contributed by atoms with van der Waals surface area (Å²) in [5.41, 5.74) is 2.90. The van der Waals surface area contributed by atoms with Gasteiger partial charge in [-0.2, -0.15) is 0 Å². The highest BCUT2D eigenvalue weighted by atomic mass is 79.9. The minimum absolute atomic E-state index is 0.184. The molecule has 21 heavy (non-hydrogen) atoms. The Labute approximate surface area is 133 Å². The van der Waals surface area contributed by atoms with E-state index in [-0.39, 0.29) is 12.5 Å². The third-order valence-corrected chi connectivity index (χ3v) is 4.30. The summed E-state index contributed by atoms with van der Waals surface area (Å²) in [6, 6.07) is 3.57. The Balaban J connectivity index is 2.29. The molecule has 0 unspecified atom stereocenters. The molecule has 1 aromatic carbocycles. The van der Waals surface area contributed by atoms with Gasteiger partial charge in [-0.05, 0) is 49.9 Å². The molecule has 2 amide bonds. The van der Waals surface area contributed by atoms with E-state index in [2.05, 4.69) is 26.6 Å². The molecule has 0 saturated heterocycles. The molecule has 0 bridgehead atoms. The van der Waals surface area contributed by atoms with Crippen LogP contribution in [-0.4, -0.2) is 23.7 Å². The number of carboxylic acids is 1. The number of aryl methyl sites for hydroxylation is 2. The van der Waals surface area contributed by atoms with Crippen molar-refractivity contribution in [3.05, 3.63) is 27.7 Å². The number of rotatable bonds is 7. The zero-order chi connectivity index (χ0) is 15.8. The van der Waals surface area contributed by atoms with Crippen molar-refractivity contribution in [2.45, 2.75) is 39.5 Å². The molecule has 1 aromatic rings. The first-order valence-electron chi connectivity index (χ1n) is 6.93. The second kappa shape index (κ2) is 8.67. The second-order valence-corrected chi connectivity index (χ2v) is 5.80. The molecule has 0 aliphatic carbocycles. The lowest BCUT2D eigenvalue weighted by Crippen LogP contribution is -2.29. The van der Waals surface area contributed by atoms with Crippen LogP contribution in [0.25, 0.3) is 0 Å². The average Bonchev–Trinajstić information content (AvgIpc) is 2.39. The monoisotopic (exact) mass is 356 g/mol. The number of nitrogens with one attached hydrogen (secondary N) is 2. The van der Waals surface area contributed by atoms with Crippen LogP contribution in [0.4, 0.5) is 10.5 Å². The lowest BCUT2D eigenvalue weighted by molar-refractivity contribution is -0.137. The molecule has 0 aliphatic heterocycles. The highest BCUT2D eigenvalue weighted by Gasteiger charge is 2.05. The van der Waals surface area contributed by atoms with Gasteiger partial charge in [0, 0.05) is 23.1 Å². The summed E-state index contributed by atoms with van der Waals surface area (Å²) in [7, 11) is 0. The van der Waals surface area contributed by atoms with Crippen molar-refractivity contribution in [1.29, 1.82) is 0 Å². The molecule has 3 N–H and O–H groups in total. The van der Waals surface area contributed by atoms with E-state index in [4.69, 9.17) is 5.11 Å². The highest BCUT2D eigenvalue weighted by Crippen LogP contribution is 2.24. The standard InChI is InChI=1S/C15H21BrN2O3/c1-10-8-12(9-11(2)14(10)16)18-15(21)17-7-5-3-4-6-13(19)20/h8-9H,3-7H2,1-2H3,(H,19,20)(H2,17,18,21). The molecule has 0 saturated carbocycles. The van der Waals surface area contributed by atoms with E-state index in [1.807, 2.05) is 26.0 Å². The summed E-state index contributed by atoms with van der Waals surface area (Å²) in [5.74, 6) is -0.776. The van der Waals surface area contributed by atoms with Gasteiger partial charge >= 0.3 is 12.0 Å². The highest BCUT2D eigenvalue weighted by molar-refractivity contribution is 9.10. The summed E-state index contributed by atoms with van der Waals surface area (Å²) in [4.78, 5) is 22.1. The maximum Gasteiger partial charge on any atom is 0.319 e. The van der Waals surface area contributed by atoms with Gasteiger partial charge in [0.2, 0.25) is 0 Å². The minimum Gasteiger partial charge on any atom is -0.481 e. The largest absolute Gasteiger partial charge is 0.481 e. The summed E-state index contributed by atoms with van der Waals surface area (Å²) < 4.78 is 1.05. The molecule has 5 nitrogen and oxygen atoms in total. The average molecular weight is 357 g/mol. The number of benzene rings is 1. The maximum absolute atomic E-state index is 11.7. The SMILES string of the molecule is Cc1cc(NC(=O)NCCCCCC(=O)O)cc(C)c1Br. The predicted octanol–water partition coefficient (Wildman–Crippen LogP) is 3.83. The number of amides is 2. The number of anilines is 1. The molecule has 0 spiro atoms. The van der Waals surface area contributed by atoms with Crippen molar-refractivity contribution in [2.75, 3.05) is 11.9 Å². The van der Waals surface area contributed by atoms with Gasteiger partial charge in [-0.25, -0.2) is 4.79 Å². The van der Waals surface area contributed by atoms with Gasteiger partial charge in [0.05, 0.1) is 0 Å². The molecule has 1 rings (SSSR count). The Morgan fingerprint density at radius 2 is 1.76 bits per heavy atom. The van der Waals surface area contributed by atoms with Crippen molar-refractivity contribution >= 4 is 33.6 Å². The number of halogens is 1. The molecule has 0 aromatic heterocycles. The van der Waals surface area contributed by atoms with Gasteiger partial charge in [-0.1, -0.05) is 22.4 Å². The van der Waals surface area contributed by atoms with Gasteiger partial charge < -0.3 is 15.7 Å². The van der Waals surface area contributed by atoms with E-state index in [9.17, 15) is 9.59 Å². The minimum atomic E-state index is -0.776. The van der Waals surface area contributed by atoms with Gasteiger partial charge in [0.25, 0.3) is 0 Å². The van der Waals surface area contributed by atoms with E-state index in [1.54, 1.807) is 0 Å². The summed E-state index contributed by atoms with van der Waals surface area (Å²) in [6.07, 6.45) is 2.40. The number of hydrogen-bond acceptors (Lipinski definition) is 2. The van der Waals surface area contributed by atoms with Crippen molar-refractivity contribution in [3.63, 3.8) is 0 Å². The van der Waals surface area contributed by atoms with Crippen LogP contribution in [0.5, 0.6) is 0 Å². The van der Waals surface area contributed by atoms with Crippen LogP contribution in [0.1, 0.15) is 36.8 Å². The lowest BCUT2D eigenvalue weighted by Gasteiger charge is -2.10. The molecule has 6 heteroatoms. The molecule has 116 valence electrons. The van der Waals surface area contributed by atoms with Crippen molar-refractivity contribution < 1.29 is 14.7 Å². The summed E-state index contributed by atoms with van der Waals surface area (Å²) in [6.45, 7) is 4.49. The van der Waals surface area contributed by atoms with E-state index in [0.717, 1.165) is 34.1 Å². The quantitative estimate of drug-likeness (QED) is 0.649. The third kappa shape index (κ3) is 6.62. The van der Waals surface area contributed by atoms with Crippen LogP contribution < -0.4 is 10.6 Å². The van der Waals surface area contributed by atoms with E-state index < -0.39 is 5.97 Å². The van der Waals surface area contributed by atoms with Crippen LogP contribution >= 0.6 is 15.9 Å². The summed E-state index contributed by atoms with van der Waals surface area (Å²) in [5, 5.41) is 14.1. The Morgan fingerprint density at radius 1 is 1.14 bits per heavy atom. The van der Waals surface area contributed by atoms with E-state index >= 15 is 0 Å². The molecule has 0 fully saturated rings. The van der Waals surface area contributed by atoms with Crippen molar-refractivity contribution in [2.24, 2.45) is 0 Å². The Hall–Kier alpha value is -1.56. The van der Waals surface area contributed by atoms with Crippen LogP contribution in [-0.2, 0) is 4.79 Å². The molecular weight excluding hydrogens is 336 g/mol. The van der Waals surface area contributed by atoms with Crippen molar-refractivity contribution in [1.82, 2.24) is 5.32 Å². The number of unbranched alkanes of at least 4 members (excludes halogenated alkanes) is 2. The number of urea groups is 1. The molecule has 0 aliphatic rings. The topological polar surface area (TPSA) is 78.4 Å². The number of carbonyl (C=O) groups is 2. The summed E-state index contributed by atoms with van der Waals surface area (Å²) >= 11 is 3.49. The van der Waals surface area contributed by atoms with Gasteiger partial charge in [0.1, 0.15) is 0 Å².